The quantitative estimate of drug-likeness (QED) is 0.644. The molecule has 6 nitrogen and oxygen atoms in total. The molecule has 2 aromatic rings. The maximum Gasteiger partial charge on any atom is 0.338 e. The van der Waals surface area contributed by atoms with Crippen molar-refractivity contribution in [2.24, 2.45) is 0 Å². The minimum absolute atomic E-state index is 0.162. The third-order valence-corrected chi connectivity index (χ3v) is 4.71. The molecule has 0 aliphatic carbocycles. The lowest BCUT2D eigenvalue weighted by atomic mass is 9.82. The molecule has 1 atom stereocenters. The van der Waals surface area contributed by atoms with Gasteiger partial charge in [0.15, 0.2) is 0 Å². The molecular formula is C19H24N2O4. The van der Waals surface area contributed by atoms with Crippen molar-refractivity contribution in [2.45, 2.75) is 45.2 Å². The number of aromatic amines is 1. The molecule has 0 spiro atoms. The van der Waals surface area contributed by atoms with E-state index >= 15 is 0 Å². The Bertz CT molecular complexity index is 778. The normalized spacial score (nSPS) is 18.6. The van der Waals surface area contributed by atoms with E-state index in [1.807, 2.05) is 31.2 Å². The largest absolute Gasteiger partial charge is 0.464 e. The molecule has 1 aromatic carbocycles. The van der Waals surface area contributed by atoms with Gasteiger partial charge in [0.25, 0.3) is 0 Å². The van der Waals surface area contributed by atoms with E-state index in [1.165, 1.54) is 0 Å². The second kappa shape index (κ2) is 6.88. The minimum Gasteiger partial charge on any atom is -0.464 e. The summed E-state index contributed by atoms with van der Waals surface area (Å²) >= 11 is 0. The summed E-state index contributed by atoms with van der Waals surface area (Å²) in [5, 5.41) is 4.25. The van der Waals surface area contributed by atoms with Gasteiger partial charge in [-0.05, 0) is 31.9 Å². The van der Waals surface area contributed by atoms with Crippen LogP contribution in [0.1, 0.15) is 44.5 Å². The Morgan fingerprint density at radius 1 is 1.12 bits per heavy atom. The van der Waals surface area contributed by atoms with E-state index in [4.69, 9.17) is 9.47 Å². The first-order valence-electron chi connectivity index (χ1n) is 8.79. The van der Waals surface area contributed by atoms with Crippen molar-refractivity contribution >= 4 is 22.8 Å². The number of aromatic nitrogens is 1. The number of hydrogen-bond donors (Lipinski definition) is 2. The van der Waals surface area contributed by atoms with E-state index in [1.54, 1.807) is 13.8 Å². The van der Waals surface area contributed by atoms with Gasteiger partial charge < -0.3 is 14.5 Å². The van der Waals surface area contributed by atoms with Crippen LogP contribution >= 0.6 is 0 Å². The summed E-state index contributed by atoms with van der Waals surface area (Å²) in [6.45, 7) is 5.89. The van der Waals surface area contributed by atoms with E-state index in [9.17, 15) is 9.59 Å². The van der Waals surface area contributed by atoms with Crippen LogP contribution in [0, 0.1) is 0 Å². The third-order valence-electron chi connectivity index (χ3n) is 4.71. The van der Waals surface area contributed by atoms with Gasteiger partial charge >= 0.3 is 11.9 Å². The highest BCUT2D eigenvalue weighted by atomic mass is 16.6. The van der Waals surface area contributed by atoms with Gasteiger partial charge in [-0.15, -0.1) is 0 Å². The molecule has 1 aliphatic rings. The number of carbonyl (C=O) groups excluding carboxylic acids is 2. The van der Waals surface area contributed by atoms with Gasteiger partial charge in [0.2, 0.25) is 5.54 Å². The number of ether oxygens (including phenoxy) is 2. The van der Waals surface area contributed by atoms with Crippen LogP contribution in [-0.2, 0) is 25.5 Å². The molecule has 1 aromatic heterocycles. The number of esters is 2. The number of benzene rings is 1. The lowest BCUT2D eigenvalue weighted by molar-refractivity contribution is -0.167. The molecule has 0 saturated heterocycles. The summed E-state index contributed by atoms with van der Waals surface area (Å²) < 4.78 is 10.5. The van der Waals surface area contributed by atoms with Crippen molar-refractivity contribution in [3.63, 3.8) is 0 Å². The molecule has 3 rings (SSSR count). The van der Waals surface area contributed by atoms with Crippen LogP contribution in [0.5, 0.6) is 0 Å². The van der Waals surface area contributed by atoms with Crippen molar-refractivity contribution in [1.29, 1.82) is 0 Å². The molecule has 0 radical (unpaired) electrons. The molecule has 0 fully saturated rings. The number of nitrogens with one attached hydrogen (secondary N) is 2. The molecule has 25 heavy (non-hydrogen) atoms. The Morgan fingerprint density at radius 3 is 2.36 bits per heavy atom. The first-order valence-corrected chi connectivity index (χ1v) is 8.79. The van der Waals surface area contributed by atoms with Crippen LogP contribution in [-0.4, -0.2) is 35.7 Å². The van der Waals surface area contributed by atoms with E-state index in [0.29, 0.717) is 0 Å². The van der Waals surface area contributed by atoms with Gasteiger partial charge in [0, 0.05) is 29.1 Å². The number of fused-ring (bicyclic) bond motifs is 3. The highest BCUT2D eigenvalue weighted by Crippen LogP contribution is 2.37. The van der Waals surface area contributed by atoms with E-state index < -0.39 is 17.5 Å². The molecule has 6 heteroatoms. The molecule has 134 valence electrons. The second-order valence-electron chi connectivity index (χ2n) is 6.19. The first kappa shape index (κ1) is 17.5. The number of H-pyrrole nitrogens is 1. The fourth-order valence-electron chi connectivity index (χ4n) is 3.55. The summed E-state index contributed by atoms with van der Waals surface area (Å²) in [5.74, 6) is -1.16. The minimum atomic E-state index is -1.51. The lowest BCUT2D eigenvalue weighted by Gasteiger charge is -2.38. The number of rotatable bonds is 5. The van der Waals surface area contributed by atoms with Gasteiger partial charge in [-0.3, -0.25) is 5.32 Å². The van der Waals surface area contributed by atoms with Crippen LogP contribution < -0.4 is 5.32 Å². The first-order chi connectivity index (χ1) is 12.1. The van der Waals surface area contributed by atoms with E-state index in [2.05, 4.69) is 10.3 Å². The van der Waals surface area contributed by atoms with Crippen LogP contribution in [0.3, 0.4) is 0 Å². The highest BCUT2D eigenvalue weighted by Gasteiger charge is 2.53. The zero-order valence-corrected chi connectivity index (χ0v) is 14.8. The predicted octanol–water partition coefficient (Wildman–Crippen LogP) is 2.63. The van der Waals surface area contributed by atoms with Crippen LogP contribution in [0.4, 0.5) is 0 Å². The molecule has 0 bridgehead atoms. The fraction of sp³-hybridized carbons (Fsp3) is 0.474. The number of hydrogen-bond acceptors (Lipinski definition) is 5. The van der Waals surface area contributed by atoms with Crippen molar-refractivity contribution in [3.8, 4) is 0 Å². The second-order valence-corrected chi connectivity index (χ2v) is 6.19. The summed E-state index contributed by atoms with van der Waals surface area (Å²) in [6.07, 6.45) is 0.931. The van der Waals surface area contributed by atoms with E-state index in [-0.39, 0.29) is 25.7 Å². The SMILES string of the molecule is CCOC(=O)C1(C(=O)OCC)Cc2c([nH]c3ccccc23)[C@@H](CC)N1. The molecule has 2 N–H and O–H groups in total. The Labute approximate surface area is 146 Å². The van der Waals surface area contributed by atoms with Gasteiger partial charge in [0.1, 0.15) is 0 Å². The fourth-order valence-corrected chi connectivity index (χ4v) is 3.55. The Morgan fingerprint density at radius 2 is 1.76 bits per heavy atom. The average Bonchev–Trinajstić information content (AvgIpc) is 2.99. The van der Waals surface area contributed by atoms with Gasteiger partial charge in [-0.25, -0.2) is 9.59 Å². The van der Waals surface area contributed by atoms with Crippen LogP contribution in [0.25, 0.3) is 10.9 Å². The Hall–Kier alpha value is -2.34. The topological polar surface area (TPSA) is 80.4 Å². The molecule has 0 saturated carbocycles. The van der Waals surface area contributed by atoms with Crippen LogP contribution in [0.2, 0.25) is 0 Å². The average molecular weight is 344 g/mol. The zero-order valence-electron chi connectivity index (χ0n) is 14.8. The van der Waals surface area contributed by atoms with Crippen molar-refractivity contribution < 1.29 is 19.1 Å². The Balaban J connectivity index is 2.15. The molecule has 2 heterocycles. The monoisotopic (exact) mass is 344 g/mol. The van der Waals surface area contributed by atoms with Gasteiger partial charge in [-0.1, -0.05) is 25.1 Å². The predicted molar refractivity (Wildman–Crippen MR) is 94.2 cm³/mol. The number of carbonyl (C=O) groups is 2. The molecule has 0 unspecified atom stereocenters. The highest BCUT2D eigenvalue weighted by molar-refractivity contribution is 6.06. The summed E-state index contributed by atoms with van der Waals surface area (Å²) in [4.78, 5) is 29.0. The van der Waals surface area contributed by atoms with Crippen molar-refractivity contribution in [2.75, 3.05) is 13.2 Å². The zero-order chi connectivity index (χ0) is 18.0. The third kappa shape index (κ3) is 2.80. The van der Waals surface area contributed by atoms with E-state index in [0.717, 1.165) is 28.6 Å². The smallest absolute Gasteiger partial charge is 0.338 e. The maximum atomic E-state index is 12.8. The summed E-state index contributed by atoms with van der Waals surface area (Å²) in [5.41, 5.74) is 1.48. The lowest BCUT2D eigenvalue weighted by Crippen LogP contribution is -2.63. The summed E-state index contributed by atoms with van der Waals surface area (Å²) in [7, 11) is 0. The molecular weight excluding hydrogens is 320 g/mol. The Kier molecular flexibility index (Phi) is 4.81. The number of para-hydroxylation sites is 1. The van der Waals surface area contributed by atoms with Crippen molar-refractivity contribution in [3.05, 3.63) is 35.5 Å². The maximum absolute atomic E-state index is 12.8. The summed E-state index contributed by atoms with van der Waals surface area (Å²) in [6, 6.07) is 7.75. The van der Waals surface area contributed by atoms with Crippen LogP contribution in [0.15, 0.2) is 24.3 Å². The van der Waals surface area contributed by atoms with Gasteiger partial charge in [-0.2, -0.15) is 0 Å². The standard InChI is InChI=1S/C19H24N2O4/c1-4-14-16-13(12-9-7-8-10-15(12)20-16)11-19(21-14,17(22)24-5-2)18(23)25-6-3/h7-10,14,20-21H,4-6,11H2,1-3H3/t14-/m1/s1. The van der Waals surface area contributed by atoms with Gasteiger partial charge in [0.05, 0.1) is 13.2 Å². The molecule has 1 aliphatic heterocycles. The molecule has 0 amide bonds. The van der Waals surface area contributed by atoms with Crippen molar-refractivity contribution in [1.82, 2.24) is 10.3 Å².